The van der Waals surface area contributed by atoms with Gasteiger partial charge in [-0.2, -0.15) is 0 Å². The second kappa shape index (κ2) is 5.00. The number of halogens is 1. The van der Waals surface area contributed by atoms with Crippen molar-refractivity contribution in [1.82, 2.24) is 5.32 Å². The number of hydrogen-bond acceptors (Lipinski definition) is 3. The zero-order chi connectivity index (χ0) is 9.97. The van der Waals surface area contributed by atoms with Gasteiger partial charge in [0.15, 0.2) is 0 Å². The van der Waals surface area contributed by atoms with Crippen molar-refractivity contribution in [3.8, 4) is 5.75 Å². The molecule has 1 aromatic carbocycles. The number of anilines is 1. The first kappa shape index (κ1) is 11.8. The van der Waals surface area contributed by atoms with E-state index < -0.39 is 0 Å². The molecule has 82 valence electrons. The summed E-state index contributed by atoms with van der Waals surface area (Å²) in [5.74, 6) is 0.801. The van der Waals surface area contributed by atoms with Crippen molar-refractivity contribution in [3.63, 3.8) is 0 Å². The third-order valence-electron chi connectivity index (χ3n) is 2.19. The maximum atomic E-state index is 11.2. The fraction of sp³-hybridized carbons (Fsp3) is 0.300. The summed E-state index contributed by atoms with van der Waals surface area (Å²) in [6, 6.07) is 5.62. The van der Waals surface area contributed by atoms with Crippen LogP contribution in [0.5, 0.6) is 5.75 Å². The molecule has 0 aromatic heterocycles. The van der Waals surface area contributed by atoms with Crippen LogP contribution in [0.4, 0.5) is 5.69 Å². The number of fused-ring (bicyclic) bond motifs is 1. The predicted octanol–water partition coefficient (Wildman–Crippen LogP) is 1.16. The van der Waals surface area contributed by atoms with Crippen molar-refractivity contribution in [1.29, 1.82) is 0 Å². The molecule has 0 radical (unpaired) electrons. The van der Waals surface area contributed by atoms with Gasteiger partial charge >= 0.3 is 0 Å². The van der Waals surface area contributed by atoms with E-state index in [0.29, 0.717) is 13.1 Å². The first-order chi connectivity index (χ1) is 6.79. The molecule has 0 bridgehead atoms. The van der Waals surface area contributed by atoms with Crippen molar-refractivity contribution in [2.24, 2.45) is 0 Å². The third kappa shape index (κ3) is 2.61. The smallest absolute Gasteiger partial charge is 0.238 e. The van der Waals surface area contributed by atoms with Crippen LogP contribution in [0.3, 0.4) is 0 Å². The standard InChI is InChI=1S/C10H12N2O2.ClH/c1-14-8-2-3-9-7(4-8)5-11-6-10(13)12-9;/h2-4,11H,5-6H2,1H3,(H,12,13);1H. The van der Waals surface area contributed by atoms with Crippen LogP contribution in [0.15, 0.2) is 18.2 Å². The Labute approximate surface area is 94.4 Å². The molecule has 15 heavy (non-hydrogen) atoms. The Bertz CT molecular complexity index is 368. The van der Waals surface area contributed by atoms with Gasteiger partial charge in [-0.15, -0.1) is 12.4 Å². The molecule has 1 heterocycles. The first-order valence-electron chi connectivity index (χ1n) is 4.47. The molecule has 1 amide bonds. The lowest BCUT2D eigenvalue weighted by molar-refractivity contribution is -0.115. The molecule has 0 fully saturated rings. The Balaban J connectivity index is 0.00000112. The molecular formula is C10H13ClN2O2. The van der Waals surface area contributed by atoms with Crippen LogP contribution >= 0.6 is 12.4 Å². The van der Waals surface area contributed by atoms with Crippen LogP contribution in [0.25, 0.3) is 0 Å². The molecule has 2 N–H and O–H groups in total. The van der Waals surface area contributed by atoms with Crippen molar-refractivity contribution >= 4 is 24.0 Å². The normalized spacial score (nSPS) is 14.3. The van der Waals surface area contributed by atoms with Crippen LogP contribution in [0.2, 0.25) is 0 Å². The highest BCUT2D eigenvalue weighted by atomic mass is 35.5. The Kier molecular flexibility index (Phi) is 3.94. The van der Waals surface area contributed by atoms with E-state index in [1.807, 2.05) is 18.2 Å². The molecule has 0 aliphatic carbocycles. The minimum absolute atomic E-state index is 0. The van der Waals surface area contributed by atoms with E-state index in [-0.39, 0.29) is 18.3 Å². The molecular weight excluding hydrogens is 216 g/mol. The van der Waals surface area contributed by atoms with Crippen molar-refractivity contribution in [2.75, 3.05) is 19.0 Å². The Morgan fingerprint density at radius 3 is 2.87 bits per heavy atom. The molecule has 0 spiro atoms. The van der Waals surface area contributed by atoms with E-state index in [1.54, 1.807) is 7.11 Å². The molecule has 0 saturated heterocycles. The van der Waals surface area contributed by atoms with Gasteiger partial charge in [0.2, 0.25) is 5.91 Å². The fourth-order valence-electron chi connectivity index (χ4n) is 1.47. The maximum Gasteiger partial charge on any atom is 0.238 e. The minimum atomic E-state index is -0.00563. The van der Waals surface area contributed by atoms with E-state index in [0.717, 1.165) is 17.0 Å². The highest BCUT2D eigenvalue weighted by molar-refractivity contribution is 5.93. The van der Waals surface area contributed by atoms with E-state index >= 15 is 0 Å². The lowest BCUT2D eigenvalue weighted by Gasteiger charge is -2.07. The van der Waals surface area contributed by atoms with Crippen molar-refractivity contribution < 1.29 is 9.53 Å². The van der Waals surface area contributed by atoms with Crippen LogP contribution < -0.4 is 15.4 Å². The second-order valence-electron chi connectivity index (χ2n) is 3.17. The zero-order valence-electron chi connectivity index (χ0n) is 8.37. The van der Waals surface area contributed by atoms with E-state index in [2.05, 4.69) is 10.6 Å². The molecule has 4 nitrogen and oxygen atoms in total. The Morgan fingerprint density at radius 1 is 1.33 bits per heavy atom. The Morgan fingerprint density at radius 2 is 2.13 bits per heavy atom. The lowest BCUT2D eigenvalue weighted by atomic mass is 10.1. The van der Waals surface area contributed by atoms with Gasteiger partial charge < -0.3 is 15.4 Å². The van der Waals surface area contributed by atoms with Crippen LogP contribution in [0, 0.1) is 0 Å². The Hall–Kier alpha value is -1.26. The lowest BCUT2D eigenvalue weighted by Crippen LogP contribution is -2.23. The first-order valence-corrected chi connectivity index (χ1v) is 4.47. The van der Waals surface area contributed by atoms with E-state index in [1.165, 1.54) is 0 Å². The molecule has 0 saturated carbocycles. The van der Waals surface area contributed by atoms with Gasteiger partial charge in [0, 0.05) is 12.2 Å². The van der Waals surface area contributed by atoms with Gasteiger partial charge in [-0.05, 0) is 23.8 Å². The molecule has 0 atom stereocenters. The summed E-state index contributed by atoms with van der Waals surface area (Å²) in [4.78, 5) is 11.2. The van der Waals surface area contributed by atoms with Crippen LogP contribution in [-0.2, 0) is 11.3 Å². The molecule has 1 aliphatic rings. The SMILES string of the molecule is COc1ccc2c(c1)CNCC(=O)N2.Cl. The topological polar surface area (TPSA) is 50.4 Å². The minimum Gasteiger partial charge on any atom is -0.497 e. The van der Waals surface area contributed by atoms with Crippen LogP contribution in [0.1, 0.15) is 5.56 Å². The van der Waals surface area contributed by atoms with Crippen LogP contribution in [-0.4, -0.2) is 19.6 Å². The van der Waals surface area contributed by atoms with E-state index in [4.69, 9.17) is 4.74 Å². The van der Waals surface area contributed by atoms with Gasteiger partial charge in [-0.25, -0.2) is 0 Å². The summed E-state index contributed by atoms with van der Waals surface area (Å²) in [7, 11) is 1.63. The van der Waals surface area contributed by atoms with Crippen molar-refractivity contribution in [2.45, 2.75) is 6.54 Å². The number of methoxy groups -OCH3 is 1. The highest BCUT2D eigenvalue weighted by Crippen LogP contribution is 2.22. The predicted molar refractivity (Wildman–Crippen MR) is 60.6 cm³/mol. The number of hydrogen-bond donors (Lipinski definition) is 2. The molecule has 1 aromatic rings. The number of ether oxygens (including phenoxy) is 1. The van der Waals surface area contributed by atoms with Gasteiger partial charge in [0.1, 0.15) is 5.75 Å². The van der Waals surface area contributed by atoms with Gasteiger partial charge in [0.25, 0.3) is 0 Å². The molecule has 2 rings (SSSR count). The summed E-state index contributed by atoms with van der Waals surface area (Å²) >= 11 is 0. The van der Waals surface area contributed by atoms with Gasteiger partial charge in [-0.1, -0.05) is 0 Å². The number of benzene rings is 1. The second-order valence-corrected chi connectivity index (χ2v) is 3.17. The third-order valence-corrected chi connectivity index (χ3v) is 2.19. The number of nitrogens with one attached hydrogen (secondary N) is 2. The summed E-state index contributed by atoms with van der Waals surface area (Å²) in [6.45, 7) is 1.04. The molecule has 0 unspecified atom stereocenters. The number of amides is 1. The summed E-state index contributed by atoms with van der Waals surface area (Å²) in [6.07, 6.45) is 0. The van der Waals surface area contributed by atoms with Gasteiger partial charge in [-0.3, -0.25) is 4.79 Å². The number of carbonyl (C=O) groups is 1. The number of rotatable bonds is 1. The van der Waals surface area contributed by atoms with Crippen molar-refractivity contribution in [3.05, 3.63) is 23.8 Å². The quantitative estimate of drug-likeness (QED) is 0.759. The summed E-state index contributed by atoms with van der Waals surface area (Å²) in [5.41, 5.74) is 1.91. The molecule has 1 aliphatic heterocycles. The highest BCUT2D eigenvalue weighted by Gasteiger charge is 2.12. The average molecular weight is 229 g/mol. The fourth-order valence-corrected chi connectivity index (χ4v) is 1.47. The number of carbonyl (C=O) groups excluding carboxylic acids is 1. The largest absolute Gasteiger partial charge is 0.497 e. The zero-order valence-corrected chi connectivity index (χ0v) is 9.19. The summed E-state index contributed by atoms with van der Waals surface area (Å²) < 4.78 is 5.11. The molecule has 5 heteroatoms. The van der Waals surface area contributed by atoms with Gasteiger partial charge in [0.05, 0.1) is 13.7 Å². The average Bonchev–Trinajstić information content (AvgIpc) is 2.37. The monoisotopic (exact) mass is 228 g/mol. The summed E-state index contributed by atoms with van der Waals surface area (Å²) in [5, 5.41) is 5.85. The van der Waals surface area contributed by atoms with E-state index in [9.17, 15) is 4.79 Å². The maximum absolute atomic E-state index is 11.2.